The number of ketones is 1. The first kappa shape index (κ1) is 41.8. The highest BCUT2D eigenvalue weighted by Gasteiger charge is 2.81. The van der Waals surface area contributed by atoms with Crippen LogP contribution >= 0.6 is 0 Å². The Balaban J connectivity index is 1.18. The monoisotopic (exact) mass is 764 g/mol. The van der Waals surface area contributed by atoms with Gasteiger partial charge in [0.15, 0.2) is 18.4 Å². The number of fused-ring (bicyclic) bond motifs is 5. The Morgan fingerprint density at radius 2 is 1.61 bits per heavy atom. The van der Waals surface area contributed by atoms with Gasteiger partial charge < -0.3 is 54.0 Å². The van der Waals surface area contributed by atoms with Crippen LogP contribution in [0.15, 0.2) is 23.3 Å². The van der Waals surface area contributed by atoms with E-state index < -0.39 is 101 Å². The molecule has 0 aromatic heterocycles. The molecule has 0 spiro atoms. The molecule has 0 radical (unpaired) electrons. The summed E-state index contributed by atoms with van der Waals surface area (Å²) in [6, 6.07) is 0. The van der Waals surface area contributed by atoms with Crippen LogP contribution in [0.5, 0.6) is 0 Å². The number of hydrogen-bond donors (Lipinski definition) is 5. The Bertz CT molecular complexity index is 1480. The van der Waals surface area contributed by atoms with E-state index in [0.717, 1.165) is 11.1 Å². The third kappa shape index (κ3) is 6.56. The van der Waals surface area contributed by atoms with Crippen LogP contribution in [-0.4, -0.2) is 123 Å². The fourth-order valence-corrected chi connectivity index (χ4v) is 11.0. The van der Waals surface area contributed by atoms with Crippen LogP contribution in [0.4, 0.5) is 0 Å². The molecule has 13 nitrogen and oxygen atoms in total. The molecule has 6 rings (SSSR count). The minimum Gasteiger partial charge on any atom is -0.458 e. The largest absolute Gasteiger partial charge is 0.458 e. The van der Waals surface area contributed by atoms with Gasteiger partial charge in [-0.05, 0) is 90.9 Å². The molecular weight excluding hydrogens is 700 g/mol. The molecule has 2 aliphatic heterocycles. The number of hydrogen-bond acceptors (Lipinski definition) is 13. The summed E-state index contributed by atoms with van der Waals surface area (Å²) in [6.07, 6.45) is -0.668. The van der Waals surface area contributed by atoms with E-state index in [1.807, 2.05) is 33.8 Å². The highest BCUT2D eigenvalue weighted by molar-refractivity contribution is 5.87. The lowest BCUT2D eigenvalue weighted by Gasteiger charge is -2.67. The van der Waals surface area contributed by atoms with Crippen LogP contribution in [0.3, 0.4) is 0 Å². The van der Waals surface area contributed by atoms with Crippen LogP contribution in [-0.2, 0) is 38.0 Å². The summed E-state index contributed by atoms with van der Waals surface area (Å²) in [6.45, 7) is 14.3. The highest BCUT2D eigenvalue weighted by atomic mass is 16.7. The third-order valence-corrected chi connectivity index (χ3v) is 14.9. The maximum Gasteiger partial charge on any atom is 0.330 e. The number of ether oxygens (including phenoxy) is 6. The van der Waals surface area contributed by atoms with Crippen LogP contribution in [0.1, 0.15) is 113 Å². The number of carbonyl (C=O) groups is 2. The molecule has 4 aliphatic carbocycles. The molecule has 0 amide bonds. The van der Waals surface area contributed by atoms with Gasteiger partial charge in [-0.2, -0.15) is 0 Å². The van der Waals surface area contributed by atoms with E-state index in [4.69, 9.17) is 28.4 Å². The molecule has 0 aromatic carbocycles. The van der Waals surface area contributed by atoms with Crippen molar-refractivity contribution >= 4 is 11.8 Å². The van der Waals surface area contributed by atoms with Crippen molar-refractivity contribution in [1.29, 1.82) is 0 Å². The van der Waals surface area contributed by atoms with E-state index >= 15 is 0 Å². The Labute approximate surface area is 319 Å². The van der Waals surface area contributed by atoms with Gasteiger partial charge in [0.1, 0.15) is 35.1 Å². The lowest BCUT2D eigenvalue weighted by molar-refractivity contribution is -0.320. The number of esters is 1. The number of aliphatic hydroxyl groups is 5. The van der Waals surface area contributed by atoms with Crippen LogP contribution in [0, 0.1) is 22.7 Å². The van der Waals surface area contributed by atoms with Crippen molar-refractivity contribution in [2.75, 3.05) is 7.11 Å². The van der Waals surface area contributed by atoms with Crippen molar-refractivity contribution in [3.05, 3.63) is 23.3 Å². The summed E-state index contributed by atoms with van der Waals surface area (Å²) in [4.78, 5) is 26.5. The number of methoxy groups -OCH3 is 1. The predicted octanol–water partition coefficient (Wildman–Crippen LogP) is 3.40. The molecule has 306 valence electrons. The van der Waals surface area contributed by atoms with Gasteiger partial charge in [0, 0.05) is 31.9 Å². The standard InChI is InChI=1S/C41H64O13/c1-21(2)22(3)16-32(44)53-31-20-30-37(7)12-11-27(17-26(37)10-13-40(30,47)41(48)15-14-39(46,25(6)42)38(31,41)8)52-33-18-28(43)36(24(5)51-33)54-34-19-29(49-9)35(45)23(4)50-34/h10,16,21,23-24,27-31,33-36,43,45-48H,11-15,17-20H2,1-9H3/b22-16-/t23-,24+,27-,28-,29-,30?,31+,33-,34-,35+,36+,37-,38+,39+,40-,41+/m0/s1. The van der Waals surface area contributed by atoms with Gasteiger partial charge in [-0.1, -0.05) is 38.0 Å². The topological polar surface area (TPSA) is 191 Å². The lowest BCUT2D eigenvalue weighted by Crippen LogP contribution is -2.78. The minimum absolute atomic E-state index is 0.0302. The van der Waals surface area contributed by atoms with Crippen molar-refractivity contribution in [3.8, 4) is 0 Å². The van der Waals surface area contributed by atoms with Gasteiger partial charge in [-0.25, -0.2) is 4.79 Å². The number of rotatable bonds is 9. The molecule has 1 unspecified atom stereocenters. The second-order valence-electron chi connectivity index (χ2n) is 18.0. The first-order valence-electron chi connectivity index (χ1n) is 19.9. The first-order chi connectivity index (χ1) is 25.1. The zero-order valence-corrected chi connectivity index (χ0v) is 33.4. The minimum atomic E-state index is -2.01. The molecule has 3 saturated carbocycles. The number of aliphatic hydroxyl groups excluding tert-OH is 2. The Kier molecular flexibility index (Phi) is 11.5. The summed E-state index contributed by atoms with van der Waals surface area (Å²) in [5, 5.41) is 59.0. The van der Waals surface area contributed by atoms with Crippen molar-refractivity contribution < 1.29 is 63.5 Å². The van der Waals surface area contributed by atoms with Crippen molar-refractivity contribution in [3.63, 3.8) is 0 Å². The molecule has 5 N–H and O–H groups in total. The fraction of sp³-hybridized carbons (Fsp3) is 0.854. The quantitative estimate of drug-likeness (QED) is 0.131. The summed E-state index contributed by atoms with van der Waals surface area (Å²) in [7, 11) is 1.53. The van der Waals surface area contributed by atoms with E-state index in [1.54, 1.807) is 13.8 Å². The second kappa shape index (κ2) is 14.9. The van der Waals surface area contributed by atoms with Crippen LogP contribution in [0.2, 0.25) is 0 Å². The van der Waals surface area contributed by atoms with E-state index in [-0.39, 0.29) is 44.1 Å². The summed E-state index contributed by atoms with van der Waals surface area (Å²) < 4.78 is 36.3. The van der Waals surface area contributed by atoms with Gasteiger partial charge in [0.2, 0.25) is 0 Å². The predicted molar refractivity (Wildman–Crippen MR) is 195 cm³/mol. The molecule has 0 bridgehead atoms. The zero-order chi connectivity index (χ0) is 39.8. The maximum absolute atomic E-state index is 13.4. The van der Waals surface area contributed by atoms with Gasteiger partial charge >= 0.3 is 5.97 Å². The summed E-state index contributed by atoms with van der Waals surface area (Å²) in [5.74, 6) is -1.60. The molecule has 13 heteroatoms. The molecule has 5 fully saturated rings. The fourth-order valence-electron chi connectivity index (χ4n) is 11.0. The molecule has 2 heterocycles. The molecule has 0 aromatic rings. The summed E-state index contributed by atoms with van der Waals surface area (Å²) >= 11 is 0. The number of allylic oxidation sites excluding steroid dienone is 1. The Morgan fingerprint density at radius 3 is 2.24 bits per heavy atom. The van der Waals surface area contributed by atoms with Gasteiger partial charge in [-0.15, -0.1) is 0 Å². The molecule has 6 aliphatic rings. The highest BCUT2D eigenvalue weighted by Crippen LogP contribution is 2.71. The molecule has 16 atom stereocenters. The number of Topliss-reactive ketones (excluding diaryl/α,β-unsaturated/α-hetero) is 1. The van der Waals surface area contributed by atoms with E-state index in [0.29, 0.717) is 25.7 Å². The van der Waals surface area contributed by atoms with E-state index in [9.17, 15) is 35.1 Å². The lowest BCUT2D eigenvalue weighted by atomic mass is 9.42. The zero-order valence-electron chi connectivity index (χ0n) is 33.4. The van der Waals surface area contributed by atoms with Crippen molar-refractivity contribution in [2.45, 2.75) is 191 Å². The van der Waals surface area contributed by atoms with Crippen LogP contribution in [0.25, 0.3) is 0 Å². The Morgan fingerprint density at radius 1 is 0.944 bits per heavy atom. The van der Waals surface area contributed by atoms with Crippen LogP contribution < -0.4 is 0 Å². The first-order valence-corrected chi connectivity index (χ1v) is 19.9. The van der Waals surface area contributed by atoms with Gasteiger partial charge in [-0.3, -0.25) is 4.79 Å². The van der Waals surface area contributed by atoms with Crippen molar-refractivity contribution in [1.82, 2.24) is 0 Å². The molecule has 2 saturated heterocycles. The van der Waals surface area contributed by atoms with Gasteiger partial charge in [0.25, 0.3) is 0 Å². The normalized spacial score (nSPS) is 49.4. The average Bonchev–Trinajstić information content (AvgIpc) is 3.33. The smallest absolute Gasteiger partial charge is 0.330 e. The number of carbonyl (C=O) groups excluding carboxylic acids is 2. The third-order valence-electron chi connectivity index (χ3n) is 14.9. The van der Waals surface area contributed by atoms with E-state index in [2.05, 4.69) is 6.92 Å². The molecular formula is C41H64O13. The van der Waals surface area contributed by atoms with E-state index in [1.165, 1.54) is 20.1 Å². The maximum atomic E-state index is 13.4. The van der Waals surface area contributed by atoms with Crippen molar-refractivity contribution in [2.24, 2.45) is 22.7 Å². The summed E-state index contributed by atoms with van der Waals surface area (Å²) in [5.41, 5.74) is -6.06. The SMILES string of the molecule is CO[C@H]1C[C@H](O[C@H]2[C@@H](O)C[C@H](O[C@H]3CC[C@@]4(C)C(=CC[C@]5(O)C4C[C@@H](OC(=O)/C=C(/C)C(C)C)[C@@]4(C)[C@]5(O)CC[C@@]4(O)C(C)=O)C3)O[C@@H]2C)O[C@@H](C)[C@H]1O. The second-order valence-corrected chi connectivity index (χ2v) is 18.0. The Hall–Kier alpha value is -1.78. The average molecular weight is 765 g/mol. The molecule has 54 heavy (non-hydrogen) atoms. The van der Waals surface area contributed by atoms with Gasteiger partial charge in [0.05, 0.1) is 35.9 Å².